The van der Waals surface area contributed by atoms with Crippen LogP contribution in [0.25, 0.3) is 0 Å². The molecule has 0 aliphatic rings. The van der Waals surface area contributed by atoms with Crippen LogP contribution in [0.3, 0.4) is 0 Å². The fourth-order valence-corrected chi connectivity index (χ4v) is 0.738. The molecule has 5 heteroatoms. The molecule has 0 saturated heterocycles. The molecule has 0 bridgehead atoms. The van der Waals surface area contributed by atoms with Crippen molar-refractivity contribution in [2.75, 3.05) is 20.6 Å². The minimum atomic E-state index is -0.815. The molecular formula is C8H15NO4. The van der Waals surface area contributed by atoms with Gasteiger partial charge in [-0.05, 0) is 14.1 Å². The van der Waals surface area contributed by atoms with E-state index in [0.29, 0.717) is 0 Å². The van der Waals surface area contributed by atoms with E-state index in [1.807, 2.05) is 0 Å². The summed E-state index contributed by atoms with van der Waals surface area (Å²) in [5.74, 6) is -0.885. The topological polar surface area (TPSA) is 55.8 Å². The number of hydrogen-bond donors (Lipinski definition) is 0. The molecule has 76 valence electrons. The highest BCUT2D eigenvalue weighted by Crippen LogP contribution is 1.95. The van der Waals surface area contributed by atoms with Gasteiger partial charge in [0, 0.05) is 13.8 Å². The van der Waals surface area contributed by atoms with Gasteiger partial charge in [-0.1, -0.05) is 0 Å². The van der Waals surface area contributed by atoms with Crippen LogP contribution in [-0.4, -0.2) is 43.8 Å². The third-order valence-corrected chi connectivity index (χ3v) is 1.07. The van der Waals surface area contributed by atoms with Crippen molar-refractivity contribution in [3.63, 3.8) is 0 Å². The summed E-state index contributed by atoms with van der Waals surface area (Å²) in [7, 11) is 3.50. The first kappa shape index (κ1) is 11.9. The predicted octanol–water partition coefficient (Wildman–Crippen LogP) is 0.000300. The Morgan fingerprint density at radius 2 is 1.85 bits per heavy atom. The van der Waals surface area contributed by atoms with Gasteiger partial charge in [-0.2, -0.15) is 0 Å². The highest BCUT2D eigenvalue weighted by molar-refractivity contribution is 5.72. The van der Waals surface area contributed by atoms with Crippen molar-refractivity contribution in [3.8, 4) is 0 Å². The number of carbonyl (C=O) groups is 2. The number of carbonyl (C=O) groups excluding carboxylic acids is 2. The number of esters is 2. The van der Waals surface area contributed by atoms with Crippen LogP contribution < -0.4 is 0 Å². The molecule has 0 amide bonds. The van der Waals surface area contributed by atoms with Gasteiger partial charge in [-0.3, -0.25) is 14.5 Å². The van der Waals surface area contributed by atoms with Crippen molar-refractivity contribution in [1.82, 2.24) is 4.90 Å². The van der Waals surface area contributed by atoms with Crippen molar-refractivity contribution in [1.29, 1.82) is 0 Å². The van der Waals surface area contributed by atoms with Gasteiger partial charge >= 0.3 is 11.9 Å². The summed E-state index contributed by atoms with van der Waals surface area (Å²) in [6.07, 6.45) is -0.815. The van der Waals surface area contributed by atoms with E-state index in [9.17, 15) is 9.59 Å². The largest absolute Gasteiger partial charge is 0.426 e. The lowest BCUT2D eigenvalue weighted by molar-refractivity contribution is -0.183. The number of likely N-dealkylation sites (N-methyl/N-ethyl adjacent to an activating group) is 1. The number of hydrogen-bond acceptors (Lipinski definition) is 5. The van der Waals surface area contributed by atoms with Crippen LogP contribution in [0.2, 0.25) is 0 Å². The van der Waals surface area contributed by atoms with Crippen LogP contribution >= 0.6 is 0 Å². The van der Waals surface area contributed by atoms with Gasteiger partial charge in [0.25, 0.3) is 0 Å². The lowest BCUT2D eigenvalue weighted by Gasteiger charge is -2.14. The van der Waals surface area contributed by atoms with E-state index in [-0.39, 0.29) is 6.54 Å². The molecule has 0 aromatic carbocycles. The first-order chi connectivity index (χ1) is 5.91. The molecule has 1 unspecified atom stereocenters. The molecule has 0 radical (unpaired) electrons. The van der Waals surface area contributed by atoms with E-state index >= 15 is 0 Å². The van der Waals surface area contributed by atoms with Crippen molar-refractivity contribution in [2.45, 2.75) is 20.1 Å². The van der Waals surface area contributed by atoms with Crippen LogP contribution in [0.15, 0.2) is 0 Å². The first-order valence-electron chi connectivity index (χ1n) is 3.93. The van der Waals surface area contributed by atoms with Crippen molar-refractivity contribution < 1.29 is 19.1 Å². The van der Waals surface area contributed by atoms with E-state index in [1.165, 1.54) is 13.8 Å². The fourth-order valence-electron chi connectivity index (χ4n) is 0.738. The van der Waals surface area contributed by atoms with Crippen LogP contribution in [0, 0.1) is 0 Å². The van der Waals surface area contributed by atoms with Crippen LogP contribution in [-0.2, 0) is 19.1 Å². The molecule has 0 N–H and O–H groups in total. The van der Waals surface area contributed by atoms with Gasteiger partial charge in [0.1, 0.15) is 0 Å². The van der Waals surface area contributed by atoms with Gasteiger partial charge in [-0.15, -0.1) is 0 Å². The number of nitrogens with zero attached hydrogens (tertiary/aromatic N) is 1. The second-order valence-electron chi connectivity index (χ2n) is 2.90. The second-order valence-corrected chi connectivity index (χ2v) is 2.90. The predicted molar refractivity (Wildman–Crippen MR) is 45.9 cm³/mol. The summed E-state index contributed by atoms with van der Waals surface area (Å²) < 4.78 is 9.35. The lowest BCUT2D eigenvalue weighted by Crippen LogP contribution is -2.28. The standard InChI is InChI=1S/C8H15NO4/c1-6(10)12-7(2)13-8(11)5-9(3)4/h7H,5H2,1-4H3. The van der Waals surface area contributed by atoms with E-state index in [1.54, 1.807) is 19.0 Å². The zero-order chi connectivity index (χ0) is 10.4. The molecule has 0 heterocycles. The maximum absolute atomic E-state index is 11.0. The average Bonchev–Trinajstić information content (AvgIpc) is 1.80. The normalized spacial score (nSPS) is 12.4. The molecule has 13 heavy (non-hydrogen) atoms. The van der Waals surface area contributed by atoms with Crippen molar-refractivity contribution in [2.24, 2.45) is 0 Å². The van der Waals surface area contributed by atoms with E-state index in [4.69, 9.17) is 4.74 Å². The quantitative estimate of drug-likeness (QED) is 0.460. The molecule has 5 nitrogen and oxygen atoms in total. The number of ether oxygens (including phenoxy) is 2. The SMILES string of the molecule is CC(=O)OC(C)OC(=O)CN(C)C. The smallest absolute Gasteiger partial charge is 0.323 e. The summed E-state index contributed by atoms with van der Waals surface area (Å²) in [4.78, 5) is 23.1. The zero-order valence-electron chi connectivity index (χ0n) is 8.36. The van der Waals surface area contributed by atoms with Crippen molar-refractivity contribution in [3.05, 3.63) is 0 Å². The molecule has 0 fully saturated rings. The highest BCUT2D eigenvalue weighted by atomic mass is 16.7. The first-order valence-corrected chi connectivity index (χ1v) is 3.93. The zero-order valence-corrected chi connectivity index (χ0v) is 8.36. The Morgan fingerprint density at radius 3 is 2.23 bits per heavy atom. The molecule has 0 aromatic rings. The van der Waals surface area contributed by atoms with Crippen LogP contribution in [0.4, 0.5) is 0 Å². The Kier molecular flexibility index (Phi) is 5.06. The van der Waals surface area contributed by atoms with Crippen LogP contribution in [0.5, 0.6) is 0 Å². The Hall–Kier alpha value is -1.10. The molecule has 0 aromatic heterocycles. The second kappa shape index (κ2) is 5.53. The fraction of sp³-hybridized carbons (Fsp3) is 0.750. The lowest BCUT2D eigenvalue weighted by atomic mass is 10.6. The van der Waals surface area contributed by atoms with E-state index in [0.717, 1.165) is 0 Å². The summed E-state index contributed by atoms with van der Waals surface area (Å²) in [6.45, 7) is 2.93. The van der Waals surface area contributed by atoms with Crippen molar-refractivity contribution >= 4 is 11.9 Å². The summed E-state index contributed by atoms with van der Waals surface area (Å²) in [6, 6.07) is 0. The Labute approximate surface area is 77.6 Å². The van der Waals surface area contributed by atoms with Gasteiger partial charge in [0.2, 0.25) is 6.29 Å². The number of rotatable bonds is 4. The van der Waals surface area contributed by atoms with Gasteiger partial charge in [0.05, 0.1) is 6.54 Å². The Morgan fingerprint density at radius 1 is 1.31 bits per heavy atom. The molecule has 0 aliphatic carbocycles. The molecular weight excluding hydrogens is 174 g/mol. The van der Waals surface area contributed by atoms with Gasteiger partial charge < -0.3 is 9.47 Å². The maximum atomic E-state index is 11.0. The maximum Gasteiger partial charge on any atom is 0.323 e. The summed E-state index contributed by atoms with van der Waals surface area (Å²) >= 11 is 0. The Bertz CT molecular complexity index is 191. The van der Waals surface area contributed by atoms with E-state index in [2.05, 4.69) is 4.74 Å². The monoisotopic (exact) mass is 189 g/mol. The average molecular weight is 189 g/mol. The molecule has 0 rings (SSSR count). The minimum absolute atomic E-state index is 0.172. The minimum Gasteiger partial charge on any atom is -0.426 e. The van der Waals surface area contributed by atoms with Gasteiger partial charge in [-0.25, -0.2) is 0 Å². The molecule has 0 aliphatic heterocycles. The van der Waals surface area contributed by atoms with Crippen LogP contribution in [0.1, 0.15) is 13.8 Å². The highest BCUT2D eigenvalue weighted by Gasteiger charge is 2.11. The molecule has 1 atom stereocenters. The van der Waals surface area contributed by atoms with Gasteiger partial charge in [0.15, 0.2) is 0 Å². The Balaban J connectivity index is 3.71. The third kappa shape index (κ3) is 7.27. The molecule has 0 spiro atoms. The summed E-state index contributed by atoms with van der Waals surface area (Å²) in [5, 5.41) is 0. The van der Waals surface area contributed by atoms with E-state index < -0.39 is 18.2 Å². The molecule has 0 saturated carbocycles. The third-order valence-electron chi connectivity index (χ3n) is 1.07. The summed E-state index contributed by atoms with van der Waals surface area (Å²) in [5.41, 5.74) is 0.